The van der Waals surface area contributed by atoms with Gasteiger partial charge in [-0.05, 0) is 24.3 Å². The van der Waals surface area contributed by atoms with E-state index >= 15 is 0 Å². The highest BCUT2D eigenvalue weighted by Gasteiger charge is 2.13. The number of fused-ring (bicyclic) bond motifs is 1. The second kappa shape index (κ2) is 7.77. The molecule has 0 atom stereocenters. The van der Waals surface area contributed by atoms with Crippen molar-refractivity contribution in [2.45, 2.75) is 13.1 Å². The molecule has 24 heavy (non-hydrogen) atoms. The van der Waals surface area contributed by atoms with Crippen molar-refractivity contribution < 1.29 is 4.79 Å². The number of hydrogen-bond acceptors (Lipinski definition) is 2. The molecule has 0 aliphatic carbocycles. The van der Waals surface area contributed by atoms with Gasteiger partial charge in [0.15, 0.2) is 5.78 Å². The van der Waals surface area contributed by atoms with E-state index in [1.807, 2.05) is 41.0 Å². The Bertz CT molecular complexity index is 939. The highest BCUT2D eigenvalue weighted by molar-refractivity contribution is 9.10. The molecule has 1 heterocycles. The molecular formula is C18H17Br2N3O. The maximum atomic E-state index is 12.5. The van der Waals surface area contributed by atoms with Crippen LogP contribution in [0.15, 0.2) is 65.7 Å². The Morgan fingerprint density at radius 3 is 2.25 bits per heavy atom. The number of Topliss-reactive ketones (excluding diaryl/α,β-unsaturated/α-hetero) is 1. The molecule has 0 aliphatic heterocycles. The Hall–Kier alpha value is -1.92. The molecule has 0 bridgehead atoms. The summed E-state index contributed by atoms with van der Waals surface area (Å²) in [5, 5.41) is 8.39. The number of aromatic nitrogens is 2. The molecule has 0 radical (unpaired) electrons. The number of rotatable bonds is 5. The molecule has 0 amide bonds. The molecule has 4 nitrogen and oxygen atoms in total. The zero-order valence-electron chi connectivity index (χ0n) is 12.9. The van der Waals surface area contributed by atoms with Crippen molar-refractivity contribution in [3.63, 3.8) is 0 Å². The third-order valence-electron chi connectivity index (χ3n) is 3.75. The van der Waals surface area contributed by atoms with Gasteiger partial charge in [-0.15, -0.1) is 23.6 Å². The fraction of sp³-hybridized carbons (Fsp3) is 0.111. The van der Waals surface area contributed by atoms with Crippen LogP contribution >= 0.6 is 32.9 Å². The van der Waals surface area contributed by atoms with E-state index in [1.165, 1.54) is 0 Å². The molecule has 1 N–H and O–H groups in total. The van der Waals surface area contributed by atoms with Gasteiger partial charge < -0.3 is 9.13 Å². The highest BCUT2D eigenvalue weighted by Crippen LogP contribution is 2.15. The largest absolute Gasteiger partial charge is 0.307 e. The smallest absolute Gasteiger partial charge is 0.203 e. The summed E-state index contributed by atoms with van der Waals surface area (Å²) in [7, 11) is 0. The Kier molecular flexibility index (Phi) is 5.96. The topological polar surface area (TPSA) is 50.8 Å². The van der Waals surface area contributed by atoms with Gasteiger partial charge in [-0.25, -0.2) is 0 Å². The predicted octanol–water partition coefficient (Wildman–Crippen LogP) is 4.33. The second-order valence-corrected chi connectivity index (χ2v) is 6.14. The molecule has 3 aromatic rings. The van der Waals surface area contributed by atoms with Crippen molar-refractivity contribution in [2.24, 2.45) is 0 Å². The number of para-hydroxylation sites is 2. The first kappa shape index (κ1) is 18.4. The van der Waals surface area contributed by atoms with Crippen LogP contribution in [0.2, 0.25) is 0 Å². The lowest BCUT2D eigenvalue weighted by atomic mass is 10.1. The zero-order valence-corrected chi connectivity index (χ0v) is 16.2. The van der Waals surface area contributed by atoms with Crippen molar-refractivity contribution in [2.75, 3.05) is 0 Å². The minimum Gasteiger partial charge on any atom is -0.307 e. The third-order valence-corrected chi connectivity index (χ3v) is 4.28. The summed E-state index contributed by atoms with van der Waals surface area (Å²) >= 11 is 3.37. The number of allylic oxidation sites excluding steroid dienone is 1. The van der Waals surface area contributed by atoms with E-state index in [4.69, 9.17) is 5.41 Å². The maximum Gasteiger partial charge on any atom is 0.203 e. The monoisotopic (exact) mass is 449 g/mol. The average molecular weight is 451 g/mol. The fourth-order valence-corrected chi connectivity index (χ4v) is 2.90. The van der Waals surface area contributed by atoms with Crippen LogP contribution in [-0.4, -0.2) is 14.9 Å². The first-order chi connectivity index (χ1) is 11.1. The Morgan fingerprint density at radius 2 is 1.67 bits per heavy atom. The van der Waals surface area contributed by atoms with E-state index in [1.54, 1.807) is 22.8 Å². The number of carbonyl (C=O) groups is 1. The van der Waals surface area contributed by atoms with Crippen LogP contribution < -0.4 is 5.62 Å². The van der Waals surface area contributed by atoms with Gasteiger partial charge in [0.1, 0.15) is 0 Å². The van der Waals surface area contributed by atoms with Crippen LogP contribution in [0, 0.1) is 5.41 Å². The minimum atomic E-state index is -0.0162. The van der Waals surface area contributed by atoms with Crippen LogP contribution in [0.4, 0.5) is 0 Å². The number of carbonyl (C=O) groups excluding carboxylic acids is 1. The van der Waals surface area contributed by atoms with Crippen LogP contribution in [0.25, 0.3) is 11.0 Å². The van der Waals surface area contributed by atoms with E-state index in [0.29, 0.717) is 17.7 Å². The van der Waals surface area contributed by atoms with E-state index in [2.05, 4.69) is 22.5 Å². The lowest BCUT2D eigenvalue weighted by molar-refractivity contribution is 0.0971. The molecule has 3 rings (SSSR count). The zero-order chi connectivity index (χ0) is 16.4. The van der Waals surface area contributed by atoms with Crippen LogP contribution in [0.1, 0.15) is 10.4 Å². The van der Waals surface area contributed by atoms with Gasteiger partial charge in [0, 0.05) is 16.6 Å². The number of nitrogens with one attached hydrogen (secondary N) is 1. The van der Waals surface area contributed by atoms with Crippen molar-refractivity contribution in [1.82, 2.24) is 9.13 Å². The van der Waals surface area contributed by atoms with Gasteiger partial charge in [-0.3, -0.25) is 10.2 Å². The lowest BCUT2D eigenvalue weighted by Crippen LogP contribution is -2.27. The fourth-order valence-electron chi connectivity index (χ4n) is 2.64. The second-order valence-electron chi connectivity index (χ2n) is 5.23. The number of imidazole rings is 1. The Labute approximate surface area is 158 Å². The van der Waals surface area contributed by atoms with Crippen LogP contribution in [-0.2, 0) is 13.1 Å². The van der Waals surface area contributed by atoms with Crippen LogP contribution in [0.3, 0.4) is 0 Å². The van der Waals surface area contributed by atoms with Gasteiger partial charge >= 0.3 is 0 Å². The van der Waals surface area contributed by atoms with Crippen molar-refractivity contribution in [3.05, 3.63) is 76.8 Å². The van der Waals surface area contributed by atoms with Crippen molar-refractivity contribution >= 4 is 49.7 Å². The van der Waals surface area contributed by atoms with Gasteiger partial charge in [-0.2, -0.15) is 0 Å². The predicted molar refractivity (Wildman–Crippen MR) is 105 cm³/mol. The summed E-state index contributed by atoms with van der Waals surface area (Å²) < 4.78 is 4.52. The third kappa shape index (κ3) is 3.44. The number of ketones is 1. The minimum absolute atomic E-state index is 0. The molecule has 0 aliphatic rings. The van der Waals surface area contributed by atoms with Crippen LogP contribution in [0.5, 0.6) is 0 Å². The van der Waals surface area contributed by atoms with Gasteiger partial charge in [0.25, 0.3) is 0 Å². The van der Waals surface area contributed by atoms with Crippen molar-refractivity contribution in [3.8, 4) is 0 Å². The first-order valence-corrected chi connectivity index (χ1v) is 8.03. The summed E-state index contributed by atoms with van der Waals surface area (Å²) in [5.74, 6) is -0.0162. The molecule has 2 aromatic carbocycles. The normalized spacial score (nSPS) is 10.4. The van der Waals surface area contributed by atoms with E-state index < -0.39 is 0 Å². The quantitative estimate of drug-likeness (QED) is 0.456. The summed E-state index contributed by atoms with van der Waals surface area (Å²) in [5.41, 5.74) is 2.75. The Balaban J connectivity index is 0.00000208. The Morgan fingerprint density at radius 1 is 1.08 bits per heavy atom. The van der Waals surface area contributed by atoms with E-state index in [9.17, 15) is 4.79 Å². The van der Waals surface area contributed by atoms with E-state index in [0.717, 1.165) is 15.5 Å². The van der Waals surface area contributed by atoms with Gasteiger partial charge in [-0.1, -0.05) is 46.3 Å². The van der Waals surface area contributed by atoms with E-state index in [-0.39, 0.29) is 29.3 Å². The first-order valence-electron chi connectivity index (χ1n) is 7.24. The summed E-state index contributed by atoms with van der Waals surface area (Å²) in [6.45, 7) is 4.43. The van der Waals surface area contributed by atoms with Crippen molar-refractivity contribution in [1.29, 1.82) is 5.41 Å². The average Bonchev–Trinajstić information content (AvgIpc) is 2.82. The molecular weight excluding hydrogens is 434 g/mol. The highest BCUT2D eigenvalue weighted by atomic mass is 79.9. The molecule has 0 fully saturated rings. The molecule has 0 saturated carbocycles. The lowest BCUT2D eigenvalue weighted by Gasteiger charge is -2.04. The summed E-state index contributed by atoms with van der Waals surface area (Å²) in [6, 6.07) is 15.0. The van der Waals surface area contributed by atoms with Gasteiger partial charge in [0.2, 0.25) is 5.62 Å². The molecule has 6 heteroatoms. The maximum absolute atomic E-state index is 12.5. The van der Waals surface area contributed by atoms with Gasteiger partial charge in [0.05, 0.1) is 17.6 Å². The number of benzene rings is 2. The number of halogens is 2. The standard InChI is InChI=1S/C18H16BrN3O.BrH/c1-2-11-21-15-5-3-4-6-16(15)22(18(21)20)12-17(23)13-7-9-14(19)10-8-13;/h2-10,20H,1,11-12H2;1H. The molecule has 0 unspecified atom stereocenters. The molecule has 0 spiro atoms. The summed E-state index contributed by atoms with van der Waals surface area (Å²) in [4.78, 5) is 12.5. The molecule has 124 valence electrons. The number of nitrogens with zero attached hydrogens (tertiary/aromatic N) is 2. The number of hydrogen-bond donors (Lipinski definition) is 1. The summed E-state index contributed by atoms with van der Waals surface area (Å²) in [6.07, 6.45) is 1.76. The molecule has 1 aromatic heterocycles. The SMILES string of the molecule is Br.C=CCn1c(=N)n(CC(=O)c2ccc(Br)cc2)c2ccccc21. The molecule has 0 saturated heterocycles.